The third-order valence-corrected chi connectivity index (χ3v) is 11.8. The van der Waals surface area contributed by atoms with Crippen LogP contribution in [0.1, 0.15) is 0 Å². The summed E-state index contributed by atoms with van der Waals surface area (Å²) in [5.74, 6) is 0. The summed E-state index contributed by atoms with van der Waals surface area (Å²) in [5, 5.41) is 35.0. The van der Waals surface area contributed by atoms with E-state index >= 15 is 0 Å². The van der Waals surface area contributed by atoms with Gasteiger partial charge in [-0.05, 0) is 120 Å². The van der Waals surface area contributed by atoms with Crippen LogP contribution in [0.15, 0.2) is 207 Å². The molecule has 6 rings (SSSR count). The molecule has 21 nitrogen and oxygen atoms in total. The summed E-state index contributed by atoms with van der Waals surface area (Å²) in [6.45, 7) is 0. The van der Waals surface area contributed by atoms with E-state index in [0.29, 0.717) is 28.0 Å². The Hall–Kier alpha value is -7.03. The Morgan fingerprint density at radius 2 is 0.889 bits per heavy atom. The van der Waals surface area contributed by atoms with Crippen molar-refractivity contribution in [3.05, 3.63) is 167 Å². The third kappa shape index (κ3) is 12.5. The van der Waals surface area contributed by atoms with E-state index in [2.05, 4.69) is 35.4 Å². The number of hydrogen-bond donors (Lipinski definition) is 5. The molecule has 0 radical (unpaired) electrons. The van der Waals surface area contributed by atoms with E-state index in [9.17, 15) is 48.0 Å². The molecule has 3 aromatic rings. The van der Waals surface area contributed by atoms with Crippen molar-refractivity contribution in [2.45, 2.75) is 9.79 Å². The van der Waals surface area contributed by atoms with E-state index in [0.717, 1.165) is 24.3 Å². The van der Waals surface area contributed by atoms with Gasteiger partial charge in [-0.2, -0.15) is 54.1 Å². The Labute approximate surface area is 358 Å². The Kier molecular flexibility index (Phi) is 13.4. The Balaban J connectivity index is 1.15. The molecule has 0 saturated heterocycles. The minimum absolute atomic E-state index is 0.0143. The van der Waals surface area contributed by atoms with Gasteiger partial charge in [-0.15, -0.1) is 10.3 Å². The minimum atomic E-state index is -4.92. The maximum Gasteiger partial charge on any atom is 0.365 e. The Morgan fingerprint density at radius 1 is 0.476 bits per heavy atom. The largest absolute Gasteiger partial charge is 0.365 e. The van der Waals surface area contributed by atoms with Gasteiger partial charge in [0.15, 0.2) is 0 Å². The van der Waals surface area contributed by atoms with Crippen molar-refractivity contribution in [3.8, 4) is 0 Å². The number of benzene rings is 3. The standard InChI is InChI=1S/C38H28N8O13S4/c47-46(34-17-11-29(12-18-34)40-42-31-15-21-36(22-16-31)61(51,52)53)45-33-6-4-26(38(24-33)63(57,58)59)2-1-25-3-5-32(23-37(25)62(54,55)56)44-43-28-9-7-27(8-10-28)39-41-30-13-19-35(20-14-30)60(48,49)50/h1-24H,(H4-,45,47,48,49,50,51,52,53,54,55,56,57,58,59)/p+1. The molecule has 0 fully saturated rings. The summed E-state index contributed by atoms with van der Waals surface area (Å²) in [6.07, 6.45) is 15.6. The number of hydrogen-bond acceptors (Lipinski definition) is 16. The van der Waals surface area contributed by atoms with Gasteiger partial charge in [-0.25, -0.2) is 0 Å². The van der Waals surface area contributed by atoms with Crippen LogP contribution >= 0.6 is 0 Å². The van der Waals surface area contributed by atoms with Crippen molar-refractivity contribution in [2.24, 2.45) is 30.6 Å². The average Bonchev–Trinajstić information content (AvgIpc) is 3.23. The molecule has 322 valence electrons. The SMILES string of the molecule is O=S(=O)(O)C1=CC(=NN=C2C=CC(=[N+]=Nc3ccc(S(=O)(=O)O)cc3)C=C2)C=CC1=CC=C1C=CC(=NN(O)c2ccc(N=Nc3ccc(S(=O)(=O)O)cc3)cc2)C=C1S(=O)(=O)O. The molecule has 0 aliphatic heterocycles. The lowest BCUT2D eigenvalue weighted by atomic mass is 10.0. The molecule has 63 heavy (non-hydrogen) atoms. The number of anilines is 1. The van der Waals surface area contributed by atoms with E-state index in [1.54, 1.807) is 12.2 Å². The molecular weight excluding hydrogens is 905 g/mol. The van der Waals surface area contributed by atoms with Crippen LogP contribution in [0, 0.1) is 0 Å². The molecule has 0 heterocycles. The zero-order chi connectivity index (χ0) is 45.6. The normalized spacial score (nSPS) is 18.3. The molecular formula is C38H29N8O13S4+. The van der Waals surface area contributed by atoms with Gasteiger partial charge in [-0.3, -0.25) is 23.4 Å². The predicted molar refractivity (Wildman–Crippen MR) is 229 cm³/mol. The van der Waals surface area contributed by atoms with Gasteiger partial charge >= 0.3 is 5.71 Å². The van der Waals surface area contributed by atoms with Crippen molar-refractivity contribution < 1.29 is 61.9 Å². The molecule has 0 saturated carbocycles. The molecule has 3 aromatic carbocycles. The van der Waals surface area contributed by atoms with E-state index in [1.165, 1.54) is 109 Å². The van der Waals surface area contributed by atoms with Gasteiger partial charge in [0.1, 0.15) is 20.6 Å². The summed E-state index contributed by atoms with van der Waals surface area (Å²) in [7, 11) is -18.5. The molecule has 0 amide bonds. The highest BCUT2D eigenvalue weighted by molar-refractivity contribution is 7.90. The first-order valence-electron chi connectivity index (χ1n) is 17.3. The van der Waals surface area contributed by atoms with Crippen LogP contribution in [-0.2, 0) is 40.5 Å². The fraction of sp³-hybridized carbons (Fsp3) is 0. The molecule has 3 aliphatic carbocycles. The van der Waals surface area contributed by atoms with Gasteiger partial charge in [0.25, 0.3) is 40.5 Å². The van der Waals surface area contributed by atoms with Crippen LogP contribution in [0.2, 0.25) is 0 Å². The fourth-order valence-corrected chi connectivity index (χ4v) is 7.56. The number of rotatable bonds is 11. The first-order chi connectivity index (χ1) is 29.6. The third-order valence-electron chi connectivity index (χ3n) is 8.25. The monoisotopic (exact) mass is 933 g/mol. The minimum Gasteiger partial charge on any atom is -0.282 e. The quantitative estimate of drug-likeness (QED) is 0.0481. The predicted octanol–water partition coefficient (Wildman–Crippen LogP) is 6.04. The highest BCUT2D eigenvalue weighted by Gasteiger charge is 2.24. The topological polar surface area (TPSA) is 329 Å². The fourth-order valence-electron chi connectivity index (χ4n) is 5.19. The van der Waals surface area contributed by atoms with Crippen molar-refractivity contribution in [1.29, 1.82) is 0 Å². The molecule has 3 aliphatic rings. The van der Waals surface area contributed by atoms with Gasteiger partial charge in [0.2, 0.25) is 0 Å². The summed E-state index contributed by atoms with van der Waals surface area (Å²) in [4.78, 5) is 2.16. The molecule has 0 atom stereocenters. The van der Waals surface area contributed by atoms with Crippen LogP contribution in [0.4, 0.5) is 22.7 Å². The summed E-state index contributed by atoms with van der Waals surface area (Å²) in [5.41, 5.74) is 1.43. The van der Waals surface area contributed by atoms with E-state index in [-0.39, 0.29) is 43.7 Å². The van der Waals surface area contributed by atoms with Crippen LogP contribution in [-0.4, -0.2) is 84.7 Å². The smallest absolute Gasteiger partial charge is 0.282 e. The van der Waals surface area contributed by atoms with Crippen LogP contribution in [0.25, 0.3) is 0 Å². The number of hydrazone groups is 1. The second-order valence-corrected chi connectivity index (χ2v) is 18.3. The zero-order valence-electron chi connectivity index (χ0n) is 31.6. The van der Waals surface area contributed by atoms with Gasteiger partial charge in [0, 0.05) is 12.2 Å². The maximum absolute atomic E-state index is 12.4. The Morgan fingerprint density at radius 3 is 1.37 bits per heavy atom. The number of allylic oxidation sites excluding steroid dienone is 14. The van der Waals surface area contributed by atoms with E-state index in [4.69, 9.17) is 9.11 Å². The van der Waals surface area contributed by atoms with Crippen molar-refractivity contribution >= 4 is 86.1 Å². The van der Waals surface area contributed by atoms with Crippen LogP contribution < -0.4 is 5.17 Å². The summed E-state index contributed by atoms with van der Waals surface area (Å²) < 4.78 is 133. The lowest BCUT2D eigenvalue weighted by Gasteiger charge is -2.15. The highest BCUT2D eigenvalue weighted by Crippen LogP contribution is 2.28. The second-order valence-electron chi connectivity index (χ2n) is 12.7. The highest BCUT2D eigenvalue weighted by atomic mass is 32.2. The van der Waals surface area contributed by atoms with Gasteiger partial charge in [0.05, 0.1) is 48.8 Å². The van der Waals surface area contributed by atoms with Crippen LogP contribution in [0.3, 0.4) is 0 Å². The maximum atomic E-state index is 12.4. The average molecular weight is 934 g/mol. The number of azo groups is 1. The molecule has 0 unspecified atom stereocenters. The van der Waals surface area contributed by atoms with E-state index in [1.807, 2.05) is 0 Å². The molecule has 0 bridgehead atoms. The molecule has 25 heteroatoms. The van der Waals surface area contributed by atoms with Crippen molar-refractivity contribution in [2.75, 3.05) is 5.17 Å². The lowest BCUT2D eigenvalue weighted by Crippen LogP contribution is -2.15. The van der Waals surface area contributed by atoms with Gasteiger partial charge < -0.3 is 0 Å². The molecule has 5 N–H and O–H groups in total. The van der Waals surface area contributed by atoms with Crippen LogP contribution in [0.5, 0.6) is 0 Å². The van der Waals surface area contributed by atoms with Gasteiger partial charge in [-0.1, -0.05) is 24.3 Å². The van der Waals surface area contributed by atoms with E-state index < -0.39 is 50.3 Å². The second kappa shape index (κ2) is 18.5. The first-order valence-corrected chi connectivity index (χ1v) is 23.1. The lowest BCUT2D eigenvalue weighted by molar-refractivity contribution is -0.0743. The first kappa shape index (κ1) is 45.5. The molecule has 0 aromatic heterocycles. The summed E-state index contributed by atoms with van der Waals surface area (Å²) in [6, 6.07) is 15.7. The number of nitrogens with zero attached hydrogens (tertiary/aromatic N) is 8. The Bertz CT molecular complexity index is 3260. The van der Waals surface area contributed by atoms with Crippen molar-refractivity contribution in [1.82, 2.24) is 0 Å². The van der Waals surface area contributed by atoms with Crippen molar-refractivity contribution in [3.63, 3.8) is 0 Å². The zero-order valence-corrected chi connectivity index (χ0v) is 34.8. The summed E-state index contributed by atoms with van der Waals surface area (Å²) >= 11 is 0. The molecule has 0 spiro atoms.